The van der Waals surface area contributed by atoms with Gasteiger partial charge in [0.1, 0.15) is 0 Å². The Morgan fingerprint density at radius 2 is 2.25 bits per heavy atom. The van der Waals surface area contributed by atoms with E-state index < -0.39 is 0 Å². The zero-order valence-corrected chi connectivity index (χ0v) is 5.05. The molecule has 4 N–H and O–H groups in total. The molecule has 0 fully saturated rings. The van der Waals surface area contributed by atoms with Crippen LogP contribution in [0.4, 0.5) is 0 Å². The maximum atomic E-state index is 8.08. The number of nitrogens with one attached hydrogen (secondary N) is 1. The van der Waals surface area contributed by atoms with E-state index in [4.69, 9.17) is 10.9 Å². The number of hydrogen-bond acceptors (Lipinski definition) is 2. The number of rotatable bonds is 1. The molecule has 4 nitrogen and oxygen atoms in total. The molecule has 0 amide bonds. The molecule has 48 valence electrons. The molecule has 0 aliphatic heterocycles. The molecule has 8 heavy (non-hydrogen) atoms. The molecule has 0 aromatic rings. The molecule has 0 bridgehead atoms. The Bertz CT molecular complexity index is 89.3. The van der Waals surface area contributed by atoms with Gasteiger partial charge in [0, 0.05) is 6.04 Å². The maximum absolute atomic E-state index is 8.08. The number of nitrogens with two attached hydrogens (primary N) is 1. The summed E-state index contributed by atoms with van der Waals surface area (Å²) in [6, 6.07) is 0.120. The van der Waals surface area contributed by atoms with Gasteiger partial charge in [0.05, 0.1) is 0 Å². The number of aliphatic imine (C=N–C) groups is 1. The molecule has 0 aromatic heterocycles. The van der Waals surface area contributed by atoms with Crippen molar-refractivity contribution < 1.29 is 5.21 Å². The summed E-state index contributed by atoms with van der Waals surface area (Å²) in [5, 5.41) is 8.08. The van der Waals surface area contributed by atoms with Crippen LogP contribution in [0.15, 0.2) is 4.99 Å². The van der Waals surface area contributed by atoms with E-state index in [0.29, 0.717) is 0 Å². The molecule has 0 aromatic carbocycles. The van der Waals surface area contributed by atoms with Crippen LogP contribution in [0.3, 0.4) is 0 Å². The minimum absolute atomic E-state index is 0.0556. The van der Waals surface area contributed by atoms with Crippen molar-refractivity contribution in [3.8, 4) is 0 Å². The first-order valence-electron chi connectivity index (χ1n) is 2.40. The fourth-order valence-electron chi connectivity index (χ4n) is 0.307. The molecule has 0 saturated heterocycles. The van der Waals surface area contributed by atoms with Crippen LogP contribution in [0, 0.1) is 0 Å². The number of guanidine groups is 1. The van der Waals surface area contributed by atoms with Gasteiger partial charge in [-0.25, -0.2) is 10.5 Å². The largest absolute Gasteiger partial charge is 0.368 e. The van der Waals surface area contributed by atoms with Gasteiger partial charge in [-0.1, -0.05) is 0 Å². The van der Waals surface area contributed by atoms with E-state index in [1.807, 2.05) is 13.8 Å². The molecule has 0 rings (SSSR count). The van der Waals surface area contributed by atoms with Crippen LogP contribution in [0.2, 0.25) is 0 Å². The zero-order valence-electron chi connectivity index (χ0n) is 5.05. The van der Waals surface area contributed by atoms with E-state index >= 15 is 0 Å². The summed E-state index contributed by atoms with van der Waals surface area (Å²) in [5.41, 5.74) is 6.79. The van der Waals surface area contributed by atoms with Crippen LogP contribution in [0.1, 0.15) is 13.8 Å². The molecule has 0 aliphatic carbocycles. The van der Waals surface area contributed by atoms with Gasteiger partial charge in [-0.3, -0.25) is 5.21 Å². The SMILES string of the molecule is CC(C)N=C(N)NO. The fraction of sp³-hybridized carbons (Fsp3) is 0.750. The normalized spacial score (nSPS) is 12.2. The Labute approximate surface area is 48.4 Å². The van der Waals surface area contributed by atoms with Gasteiger partial charge in [-0.2, -0.15) is 0 Å². The quantitative estimate of drug-likeness (QED) is 0.250. The molecule has 0 spiro atoms. The summed E-state index contributed by atoms with van der Waals surface area (Å²) < 4.78 is 0. The third kappa shape index (κ3) is 3.42. The summed E-state index contributed by atoms with van der Waals surface area (Å²) in [5.74, 6) is 0.0556. The summed E-state index contributed by atoms with van der Waals surface area (Å²) in [6.07, 6.45) is 0. The Balaban J connectivity index is 3.56. The fourth-order valence-corrected chi connectivity index (χ4v) is 0.307. The van der Waals surface area contributed by atoms with Crippen molar-refractivity contribution in [1.29, 1.82) is 0 Å². The van der Waals surface area contributed by atoms with Crippen LogP contribution < -0.4 is 11.2 Å². The lowest BCUT2D eigenvalue weighted by molar-refractivity contribution is 0.232. The van der Waals surface area contributed by atoms with E-state index in [-0.39, 0.29) is 12.0 Å². The second kappa shape index (κ2) is 3.26. The number of hydrogen-bond donors (Lipinski definition) is 3. The second-order valence-corrected chi connectivity index (χ2v) is 1.72. The molecule has 0 unspecified atom stereocenters. The molecule has 0 heterocycles. The third-order valence-corrected chi connectivity index (χ3v) is 0.512. The molecule has 0 atom stereocenters. The Morgan fingerprint density at radius 1 is 1.75 bits per heavy atom. The maximum Gasteiger partial charge on any atom is 0.213 e. The van der Waals surface area contributed by atoms with Crippen molar-refractivity contribution in [3.63, 3.8) is 0 Å². The van der Waals surface area contributed by atoms with Gasteiger partial charge in [0.2, 0.25) is 5.96 Å². The van der Waals surface area contributed by atoms with Crippen molar-refractivity contribution >= 4 is 5.96 Å². The predicted molar refractivity (Wildman–Crippen MR) is 31.7 cm³/mol. The Morgan fingerprint density at radius 3 is 2.38 bits per heavy atom. The zero-order chi connectivity index (χ0) is 6.57. The van der Waals surface area contributed by atoms with Gasteiger partial charge in [-0.15, -0.1) is 0 Å². The second-order valence-electron chi connectivity index (χ2n) is 1.72. The highest BCUT2D eigenvalue weighted by atomic mass is 16.5. The van der Waals surface area contributed by atoms with E-state index in [0.717, 1.165) is 0 Å². The molecular formula is C4H11N3O. The van der Waals surface area contributed by atoms with Crippen molar-refractivity contribution in [2.24, 2.45) is 10.7 Å². The lowest BCUT2D eigenvalue weighted by Gasteiger charge is -1.98. The van der Waals surface area contributed by atoms with E-state index in [1.54, 1.807) is 5.48 Å². The molecule has 0 saturated carbocycles. The van der Waals surface area contributed by atoms with Gasteiger partial charge >= 0.3 is 0 Å². The van der Waals surface area contributed by atoms with Gasteiger partial charge in [0.15, 0.2) is 0 Å². The average molecular weight is 117 g/mol. The Kier molecular flexibility index (Phi) is 2.95. The summed E-state index contributed by atoms with van der Waals surface area (Å²) in [7, 11) is 0. The van der Waals surface area contributed by atoms with Gasteiger partial charge < -0.3 is 5.73 Å². The van der Waals surface area contributed by atoms with Crippen LogP contribution in [-0.4, -0.2) is 17.2 Å². The van der Waals surface area contributed by atoms with E-state index in [9.17, 15) is 0 Å². The monoisotopic (exact) mass is 117 g/mol. The van der Waals surface area contributed by atoms with Crippen molar-refractivity contribution in [3.05, 3.63) is 0 Å². The number of nitrogens with zero attached hydrogens (tertiary/aromatic N) is 1. The van der Waals surface area contributed by atoms with Crippen LogP contribution in [-0.2, 0) is 0 Å². The molecule has 0 aliphatic rings. The highest BCUT2D eigenvalue weighted by Crippen LogP contribution is 1.81. The lowest BCUT2D eigenvalue weighted by Crippen LogP contribution is -2.29. The predicted octanol–water partition coefficient (Wildman–Crippen LogP) is -0.312. The Hall–Kier alpha value is -0.770. The van der Waals surface area contributed by atoms with E-state index in [2.05, 4.69) is 4.99 Å². The summed E-state index contributed by atoms with van der Waals surface area (Å²) in [6.45, 7) is 3.73. The summed E-state index contributed by atoms with van der Waals surface area (Å²) in [4.78, 5) is 3.73. The van der Waals surface area contributed by atoms with Crippen molar-refractivity contribution in [1.82, 2.24) is 5.48 Å². The minimum Gasteiger partial charge on any atom is -0.368 e. The van der Waals surface area contributed by atoms with Crippen LogP contribution in [0.5, 0.6) is 0 Å². The number of hydroxylamine groups is 1. The van der Waals surface area contributed by atoms with Crippen LogP contribution >= 0.6 is 0 Å². The van der Waals surface area contributed by atoms with Gasteiger partial charge in [0.25, 0.3) is 0 Å². The topological polar surface area (TPSA) is 70.6 Å². The van der Waals surface area contributed by atoms with Crippen LogP contribution in [0.25, 0.3) is 0 Å². The first kappa shape index (κ1) is 7.23. The van der Waals surface area contributed by atoms with Gasteiger partial charge in [-0.05, 0) is 13.8 Å². The first-order valence-corrected chi connectivity index (χ1v) is 2.40. The standard InChI is InChI=1S/C4H11N3O/c1-3(2)6-4(5)7-8/h3,8H,1-2H3,(H3,5,6,7). The lowest BCUT2D eigenvalue weighted by atomic mass is 10.4. The first-order chi connectivity index (χ1) is 3.66. The highest BCUT2D eigenvalue weighted by molar-refractivity contribution is 5.76. The molecular weight excluding hydrogens is 106 g/mol. The highest BCUT2D eigenvalue weighted by Gasteiger charge is 1.87. The average Bonchev–Trinajstić information content (AvgIpc) is 1.65. The molecule has 4 heteroatoms. The summed E-state index contributed by atoms with van der Waals surface area (Å²) >= 11 is 0. The van der Waals surface area contributed by atoms with E-state index in [1.165, 1.54) is 0 Å². The van der Waals surface area contributed by atoms with Crippen molar-refractivity contribution in [2.75, 3.05) is 0 Å². The molecule has 0 radical (unpaired) electrons. The third-order valence-electron chi connectivity index (χ3n) is 0.512. The smallest absolute Gasteiger partial charge is 0.213 e. The minimum atomic E-state index is 0.0556. The van der Waals surface area contributed by atoms with Crippen molar-refractivity contribution in [2.45, 2.75) is 19.9 Å².